The van der Waals surface area contributed by atoms with Crippen LogP contribution < -0.4 is 21.3 Å². The number of fused-ring (bicyclic) bond motifs is 2. The molecule has 3 heterocycles. The molecular weight excluding hydrogens is 845 g/mol. The molecule has 21 heteroatoms. The van der Waals surface area contributed by atoms with Crippen LogP contribution in [0.3, 0.4) is 0 Å². The monoisotopic (exact) mass is 903 g/mol. The Bertz CT molecular complexity index is 1940. The summed E-state index contributed by atoms with van der Waals surface area (Å²) in [6.45, 7) is 6.13. The summed E-state index contributed by atoms with van der Waals surface area (Å²) in [5.74, 6) is -8.73. The Hall–Kier alpha value is -6.15. The van der Waals surface area contributed by atoms with Crippen LogP contribution in [-0.2, 0) is 59.0 Å². The number of amides is 7. The highest BCUT2D eigenvalue weighted by atomic mass is 19.1. The Morgan fingerprint density at radius 3 is 2.23 bits per heavy atom. The molecule has 4 N–H and O–H groups in total. The zero-order valence-electron chi connectivity index (χ0n) is 37.0. The number of carbonyl (C=O) groups excluding carboxylic acids is 9. The number of carbonyl (C=O) groups is 9. The van der Waals surface area contributed by atoms with Gasteiger partial charge >= 0.3 is 18.0 Å². The molecule has 6 atom stereocenters. The fourth-order valence-electron chi connectivity index (χ4n) is 7.43. The van der Waals surface area contributed by atoms with Crippen molar-refractivity contribution >= 4 is 53.5 Å². The van der Waals surface area contributed by atoms with Gasteiger partial charge in [-0.3, -0.25) is 33.6 Å². The lowest BCUT2D eigenvalue weighted by atomic mass is 10.0. The smallest absolute Gasteiger partial charge is 0.408 e. The highest BCUT2D eigenvalue weighted by Gasteiger charge is 2.44. The lowest BCUT2D eigenvalue weighted by molar-refractivity contribution is -0.158. The number of ether oxygens (including phenoxy) is 3. The van der Waals surface area contributed by atoms with Crippen LogP contribution in [0.4, 0.5) is 13.6 Å². The molecule has 3 aliphatic heterocycles. The number of allylic oxidation sites excluding steroid dienone is 1. The van der Waals surface area contributed by atoms with Crippen molar-refractivity contribution in [2.45, 2.75) is 128 Å². The number of halogens is 2. The average Bonchev–Trinajstić information content (AvgIpc) is 3.92. The zero-order valence-corrected chi connectivity index (χ0v) is 37.0. The van der Waals surface area contributed by atoms with E-state index >= 15 is 0 Å². The van der Waals surface area contributed by atoms with Crippen molar-refractivity contribution < 1.29 is 66.1 Å². The standard InChI is InChI=1S/C43H59F2N7O12/c1-7-8-9-10-15-34(53)48-29(20-26-18-27(44)21-28(45)19-26)36(55)49-30-23-63-41(60)32-14-12-17-52(32)38(57)25(2)47-37(56)33(24-62-35(54)22-46-42(61)64-43(3,4)5)50(6)40(59)31-13-11-16-51(31)39(30)58/h10,15,18-19,21,25,29-33H,7-9,11-14,16-17,20,22-24H2,1-6H3,(H,46,61)(H,47,56)(H,48,53)(H,49,55)/t25-,29-,30-,31-,32-,33-/m0/s1. The molecule has 7 amide bonds. The topological polar surface area (TPSA) is 239 Å². The first-order valence-electron chi connectivity index (χ1n) is 21.4. The van der Waals surface area contributed by atoms with E-state index in [1.165, 1.54) is 24.9 Å². The van der Waals surface area contributed by atoms with Gasteiger partial charge in [-0.05, 0) is 83.6 Å². The van der Waals surface area contributed by atoms with Crippen LogP contribution in [0.15, 0.2) is 30.4 Å². The number of nitrogens with zero attached hydrogens (tertiary/aromatic N) is 3. The van der Waals surface area contributed by atoms with Crippen molar-refractivity contribution in [2.24, 2.45) is 0 Å². The highest BCUT2D eigenvalue weighted by molar-refractivity contribution is 5.98. The molecule has 0 saturated carbocycles. The van der Waals surface area contributed by atoms with Crippen molar-refractivity contribution in [1.82, 2.24) is 36.0 Å². The summed E-state index contributed by atoms with van der Waals surface area (Å²) in [6.07, 6.45) is 4.61. The molecule has 0 aliphatic carbocycles. The first-order chi connectivity index (χ1) is 30.2. The fourth-order valence-corrected chi connectivity index (χ4v) is 7.43. The molecule has 0 bridgehead atoms. The minimum Gasteiger partial charge on any atom is -0.462 e. The molecule has 352 valence electrons. The van der Waals surface area contributed by atoms with E-state index in [9.17, 15) is 51.9 Å². The van der Waals surface area contributed by atoms with E-state index in [1.54, 1.807) is 26.8 Å². The summed E-state index contributed by atoms with van der Waals surface area (Å²) < 4.78 is 44.5. The SMILES string of the molecule is CCCCC=CC(=O)N[C@@H](Cc1cc(F)cc(F)c1)C(=O)N[C@H]1COC(=O)[C@@H]2CCCN2C(=O)[C@H](C)NC(=O)[C@H](COC(=O)CNC(=O)OC(C)(C)C)N(C)C(=O)[C@@H]2CCCN2C1=O. The Kier molecular flexibility index (Phi) is 18.1. The number of likely N-dealkylation sites (N-methyl/N-ethyl adjacent to an activating group) is 1. The number of hydrogen-bond donors (Lipinski definition) is 4. The molecular formula is C43H59F2N7O12. The van der Waals surface area contributed by atoms with Crippen molar-refractivity contribution in [1.29, 1.82) is 0 Å². The number of unbranched alkanes of at least 4 members (excludes halogenated alkanes) is 2. The van der Waals surface area contributed by atoms with E-state index in [2.05, 4.69) is 21.3 Å². The van der Waals surface area contributed by atoms with Gasteiger partial charge in [-0.1, -0.05) is 25.8 Å². The van der Waals surface area contributed by atoms with Gasteiger partial charge in [-0.15, -0.1) is 0 Å². The third kappa shape index (κ3) is 14.4. The fraction of sp³-hybridized carbons (Fsp3) is 0.605. The number of nitrogens with one attached hydrogen (secondary N) is 4. The van der Waals surface area contributed by atoms with E-state index in [0.717, 1.165) is 34.8 Å². The summed E-state index contributed by atoms with van der Waals surface area (Å²) in [5, 5.41) is 9.82. The van der Waals surface area contributed by atoms with Crippen LogP contribution in [0.25, 0.3) is 0 Å². The maximum atomic E-state index is 14.5. The van der Waals surface area contributed by atoms with Gasteiger partial charge < -0.3 is 50.2 Å². The third-order valence-corrected chi connectivity index (χ3v) is 10.6. The summed E-state index contributed by atoms with van der Waals surface area (Å²) in [7, 11) is 1.24. The molecule has 0 radical (unpaired) electrons. The molecule has 19 nitrogen and oxygen atoms in total. The number of benzene rings is 1. The summed E-state index contributed by atoms with van der Waals surface area (Å²) >= 11 is 0. The Morgan fingerprint density at radius 1 is 0.953 bits per heavy atom. The van der Waals surface area contributed by atoms with Gasteiger partial charge in [0.2, 0.25) is 35.4 Å². The van der Waals surface area contributed by atoms with Crippen LogP contribution in [0, 0.1) is 11.6 Å². The second kappa shape index (κ2) is 23.0. The maximum Gasteiger partial charge on any atom is 0.408 e. The predicted octanol–water partition coefficient (Wildman–Crippen LogP) is 1.16. The second-order valence-corrected chi connectivity index (χ2v) is 16.9. The van der Waals surface area contributed by atoms with Gasteiger partial charge in [-0.25, -0.2) is 18.4 Å². The molecule has 1 aromatic carbocycles. The molecule has 0 spiro atoms. The van der Waals surface area contributed by atoms with Gasteiger partial charge in [0.1, 0.15) is 73.2 Å². The van der Waals surface area contributed by atoms with Crippen LogP contribution in [0.5, 0.6) is 0 Å². The number of esters is 2. The van der Waals surface area contributed by atoms with Gasteiger partial charge in [0.05, 0.1) is 0 Å². The largest absolute Gasteiger partial charge is 0.462 e. The van der Waals surface area contributed by atoms with E-state index < -0.39 is 133 Å². The zero-order chi connectivity index (χ0) is 47.3. The average molecular weight is 904 g/mol. The van der Waals surface area contributed by atoms with Crippen molar-refractivity contribution in [2.75, 3.05) is 39.9 Å². The number of rotatable bonds is 13. The first kappa shape index (κ1) is 50.5. The minimum absolute atomic E-state index is 0.000641. The van der Waals surface area contributed by atoms with Gasteiger partial charge in [-0.2, -0.15) is 0 Å². The van der Waals surface area contributed by atoms with Crippen LogP contribution >= 0.6 is 0 Å². The Balaban J connectivity index is 1.66. The first-order valence-corrected chi connectivity index (χ1v) is 21.4. The summed E-state index contributed by atoms with van der Waals surface area (Å²) in [6, 6.07) is -5.81. The predicted molar refractivity (Wildman–Crippen MR) is 222 cm³/mol. The molecule has 64 heavy (non-hydrogen) atoms. The van der Waals surface area contributed by atoms with Crippen molar-refractivity contribution in [3.63, 3.8) is 0 Å². The molecule has 0 unspecified atom stereocenters. The van der Waals surface area contributed by atoms with E-state index in [0.29, 0.717) is 18.9 Å². The van der Waals surface area contributed by atoms with Crippen LogP contribution in [0.1, 0.15) is 85.1 Å². The summed E-state index contributed by atoms with van der Waals surface area (Å²) in [5.41, 5.74) is -0.860. The Labute approximate surface area is 370 Å². The third-order valence-electron chi connectivity index (χ3n) is 10.6. The minimum atomic E-state index is -1.69. The van der Waals surface area contributed by atoms with Gasteiger partial charge in [0, 0.05) is 32.6 Å². The Morgan fingerprint density at radius 2 is 1.59 bits per heavy atom. The van der Waals surface area contributed by atoms with E-state index in [4.69, 9.17) is 14.2 Å². The van der Waals surface area contributed by atoms with Gasteiger partial charge in [0.25, 0.3) is 0 Å². The second-order valence-electron chi connectivity index (χ2n) is 16.9. The molecule has 3 aliphatic rings. The molecule has 1 aromatic rings. The number of hydrogen-bond acceptors (Lipinski definition) is 12. The van der Waals surface area contributed by atoms with Crippen molar-refractivity contribution in [3.05, 3.63) is 47.5 Å². The number of alkyl carbamates (subject to hydrolysis) is 1. The van der Waals surface area contributed by atoms with Crippen LogP contribution in [0.2, 0.25) is 0 Å². The van der Waals surface area contributed by atoms with Gasteiger partial charge in [0.15, 0.2) is 0 Å². The molecule has 0 aromatic heterocycles. The molecule has 3 saturated heterocycles. The molecule has 4 rings (SSSR count). The number of cyclic esters (lactones) is 1. The normalized spacial score (nSPS) is 22.9. The lowest BCUT2D eigenvalue weighted by Gasteiger charge is -2.35. The maximum absolute atomic E-state index is 14.5. The molecule has 3 fully saturated rings. The van der Waals surface area contributed by atoms with E-state index in [-0.39, 0.29) is 37.9 Å². The highest BCUT2D eigenvalue weighted by Crippen LogP contribution is 2.24. The van der Waals surface area contributed by atoms with E-state index in [1.807, 2.05) is 6.92 Å². The lowest BCUT2D eigenvalue weighted by Crippen LogP contribution is -2.61. The summed E-state index contributed by atoms with van der Waals surface area (Å²) in [4.78, 5) is 125. The quantitative estimate of drug-likeness (QED) is 0.0945. The van der Waals surface area contributed by atoms with Crippen molar-refractivity contribution in [3.8, 4) is 0 Å². The van der Waals surface area contributed by atoms with Crippen LogP contribution in [-0.4, -0.2) is 150 Å².